The standard InChI is InChI=1S/C17H15I2N3O/c1-2-8-22-16(23)13-9-11(18)10-14(19)15(13)21-17(22)20-12-6-4-3-5-7-12/h3-7,9-10H,2,8H2,1H3,(H,20,21). The van der Waals surface area contributed by atoms with Crippen LogP contribution in [0.4, 0.5) is 11.6 Å². The highest BCUT2D eigenvalue weighted by atomic mass is 127. The van der Waals surface area contributed by atoms with Crippen molar-refractivity contribution in [1.29, 1.82) is 0 Å². The van der Waals surface area contributed by atoms with Crippen molar-refractivity contribution in [3.63, 3.8) is 0 Å². The number of benzene rings is 2. The van der Waals surface area contributed by atoms with Gasteiger partial charge in [-0.3, -0.25) is 9.36 Å². The first kappa shape index (κ1) is 16.7. The molecule has 0 aliphatic rings. The SMILES string of the molecule is CCCn1c(Nc2ccccc2)nc2c(I)cc(I)cc2c1=O. The summed E-state index contributed by atoms with van der Waals surface area (Å²) in [7, 11) is 0. The van der Waals surface area contributed by atoms with Crippen molar-refractivity contribution in [3.8, 4) is 0 Å². The van der Waals surface area contributed by atoms with Crippen molar-refractivity contribution in [1.82, 2.24) is 9.55 Å². The maximum Gasteiger partial charge on any atom is 0.262 e. The minimum atomic E-state index is 0.00622. The number of aromatic nitrogens is 2. The largest absolute Gasteiger partial charge is 0.326 e. The molecule has 2 aromatic carbocycles. The van der Waals surface area contributed by atoms with E-state index in [-0.39, 0.29) is 5.56 Å². The van der Waals surface area contributed by atoms with Gasteiger partial charge >= 0.3 is 0 Å². The van der Waals surface area contributed by atoms with Gasteiger partial charge in [-0.05, 0) is 75.9 Å². The van der Waals surface area contributed by atoms with Gasteiger partial charge in [-0.25, -0.2) is 4.98 Å². The predicted octanol–water partition coefficient (Wildman–Crippen LogP) is 4.76. The van der Waals surface area contributed by atoms with E-state index in [1.165, 1.54) is 0 Å². The molecule has 3 rings (SSSR count). The second-order valence-electron chi connectivity index (χ2n) is 5.17. The third-order valence-electron chi connectivity index (χ3n) is 3.45. The summed E-state index contributed by atoms with van der Waals surface area (Å²) in [6.45, 7) is 2.69. The molecule has 0 amide bonds. The topological polar surface area (TPSA) is 46.9 Å². The number of anilines is 2. The molecule has 0 saturated heterocycles. The molecule has 0 atom stereocenters. The number of hydrogen-bond donors (Lipinski definition) is 1. The Balaban J connectivity index is 2.23. The Labute approximate surface area is 161 Å². The lowest BCUT2D eigenvalue weighted by Gasteiger charge is -2.15. The molecule has 0 unspecified atom stereocenters. The summed E-state index contributed by atoms with van der Waals surface area (Å²) in [6.07, 6.45) is 0.873. The first-order valence-corrected chi connectivity index (χ1v) is 9.47. The van der Waals surface area contributed by atoms with Gasteiger partial charge in [0.15, 0.2) is 0 Å². The molecule has 23 heavy (non-hydrogen) atoms. The lowest BCUT2D eigenvalue weighted by Crippen LogP contribution is -2.24. The van der Waals surface area contributed by atoms with Crippen LogP contribution in [-0.4, -0.2) is 9.55 Å². The van der Waals surface area contributed by atoms with Gasteiger partial charge in [-0.15, -0.1) is 0 Å². The maximum atomic E-state index is 12.9. The van der Waals surface area contributed by atoms with Crippen molar-refractivity contribution < 1.29 is 0 Å². The normalized spacial score (nSPS) is 10.9. The van der Waals surface area contributed by atoms with Crippen LogP contribution >= 0.6 is 45.2 Å². The van der Waals surface area contributed by atoms with Crippen molar-refractivity contribution in [2.24, 2.45) is 0 Å². The Morgan fingerprint density at radius 1 is 1.17 bits per heavy atom. The molecule has 118 valence electrons. The monoisotopic (exact) mass is 531 g/mol. The van der Waals surface area contributed by atoms with Gasteiger partial charge in [0.1, 0.15) is 0 Å². The van der Waals surface area contributed by atoms with Crippen molar-refractivity contribution in [2.75, 3.05) is 5.32 Å². The number of rotatable bonds is 4. The summed E-state index contributed by atoms with van der Waals surface area (Å²) < 4.78 is 3.76. The minimum Gasteiger partial charge on any atom is -0.326 e. The van der Waals surface area contributed by atoms with Crippen LogP contribution in [0.5, 0.6) is 0 Å². The molecule has 1 N–H and O–H groups in total. The lowest BCUT2D eigenvalue weighted by atomic mass is 10.2. The number of nitrogens with one attached hydrogen (secondary N) is 1. The van der Waals surface area contributed by atoms with Gasteiger partial charge in [-0.2, -0.15) is 0 Å². The van der Waals surface area contributed by atoms with Crippen molar-refractivity contribution >= 4 is 67.7 Å². The van der Waals surface area contributed by atoms with E-state index in [2.05, 4.69) is 57.4 Å². The second kappa shape index (κ2) is 7.16. The number of hydrogen-bond acceptors (Lipinski definition) is 3. The van der Waals surface area contributed by atoms with E-state index in [0.29, 0.717) is 17.9 Å². The average Bonchev–Trinajstić information content (AvgIpc) is 2.53. The molecule has 0 aliphatic carbocycles. The highest BCUT2D eigenvalue weighted by Gasteiger charge is 2.13. The van der Waals surface area contributed by atoms with Gasteiger partial charge < -0.3 is 5.32 Å². The summed E-state index contributed by atoms with van der Waals surface area (Å²) >= 11 is 4.47. The van der Waals surface area contributed by atoms with Crippen LogP contribution in [0.25, 0.3) is 10.9 Å². The third kappa shape index (κ3) is 3.52. The van der Waals surface area contributed by atoms with E-state index in [4.69, 9.17) is 4.98 Å². The summed E-state index contributed by atoms with van der Waals surface area (Å²) in [5.74, 6) is 0.592. The fourth-order valence-electron chi connectivity index (χ4n) is 2.43. The van der Waals surface area contributed by atoms with Crippen molar-refractivity contribution in [3.05, 3.63) is 60.0 Å². The first-order chi connectivity index (χ1) is 11.1. The average molecular weight is 531 g/mol. The molecule has 4 nitrogen and oxygen atoms in total. The summed E-state index contributed by atoms with van der Waals surface area (Å²) in [5.41, 5.74) is 1.68. The predicted molar refractivity (Wildman–Crippen MR) is 111 cm³/mol. The van der Waals surface area contributed by atoms with E-state index < -0.39 is 0 Å². The number of nitrogens with zero attached hydrogens (tertiary/aromatic N) is 2. The molecule has 1 aromatic heterocycles. The van der Waals surface area contributed by atoms with E-state index in [1.54, 1.807) is 4.57 Å². The Bertz CT molecular complexity index is 907. The second-order valence-corrected chi connectivity index (χ2v) is 7.57. The van der Waals surface area contributed by atoms with Crippen LogP contribution in [0.2, 0.25) is 0 Å². The molecule has 0 fully saturated rings. The van der Waals surface area contributed by atoms with Crippen LogP contribution in [0.1, 0.15) is 13.3 Å². The fourth-order valence-corrected chi connectivity index (χ4v) is 4.39. The molecule has 6 heteroatoms. The molecule has 0 spiro atoms. The molecule has 0 bridgehead atoms. The Morgan fingerprint density at radius 3 is 2.61 bits per heavy atom. The Hall–Kier alpha value is -1.16. The zero-order valence-electron chi connectivity index (χ0n) is 12.5. The molecule has 0 saturated carbocycles. The fraction of sp³-hybridized carbons (Fsp3) is 0.176. The first-order valence-electron chi connectivity index (χ1n) is 7.32. The summed E-state index contributed by atoms with van der Waals surface area (Å²) in [5, 5.41) is 3.95. The van der Waals surface area contributed by atoms with Crippen LogP contribution in [-0.2, 0) is 6.54 Å². The number of para-hydroxylation sites is 1. The van der Waals surface area contributed by atoms with Crippen LogP contribution < -0.4 is 10.9 Å². The van der Waals surface area contributed by atoms with Gasteiger partial charge in [0.25, 0.3) is 5.56 Å². The van der Waals surface area contributed by atoms with E-state index in [9.17, 15) is 4.79 Å². The van der Waals surface area contributed by atoms with E-state index in [0.717, 1.165) is 24.8 Å². The Kier molecular flexibility index (Phi) is 5.20. The molecule has 3 aromatic rings. The van der Waals surface area contributed by atoms with E-state index in [1.807, 2.05) is 42.5 Å². The van der Waals surface area contributed by atoms with Gasteiger partial charge in [-0.1, -0.05) is 25.1 Å². The van der Waals surface area contributed by atoms with Gasteiger partial charge in [0.05, 0.1) is 10.9 Å². The van der Waals surface area contributed by atoms with Crippen molar-refractivity contribution in [2.45, 2.75) is 19.9 Å². The minimum absolute atomic E-state index is 0.00622. The number of fused-ring (bicyclic) bond motifs is 1. The maximum absolute atomic E-state index is 12.9. The zero-order chi connectivity index (χ0) is 16.4. The van der Waals surface area contributed by atoms with Crippen LogP contribution in [0, 0.1) is 7.14 Å². The molecule has 0 aliphatic heterocycles. The van der Waals surface area contributed by atoms with Gasteiger partial charge in [0, 0.05) is 19.4 Å². The zero-order valence-corrected chi connectivity index (χ0v) is 16.8. The lowest BCUT2D eigenvalue weighted by molar-refractivity contribution is 0.657. The third-order valence-corrected chi connectivity index (χ3v) is 4.90. The molecular formula is C17H15I2N3O. The summed E-state index contributed by atoms with van der Waals surface area (Å²) in [4.78, 5) is 17.6. The summed E-state index contributed by atoms with van der Waals surface area (Å²) in [6, 6.07) is 13.7. The molecule has 0 radical (unpaired) electrons. The molecular weight excluding hydrogens is 516 g/mol. The Morgan fingerprint density at radius 2 is 1.91 bits per heavy atom. The van der Waals surface area contributed by atoms with Gasteiger partial charge in [0.2, 0.25) is 5.95 Å². The highest BCUT2D eigenvalue weighted by Crippen LogP contribution is 2.23. The number of halogens is 2. The van der Waals surface area contributed by atoms with Crippen LogP contribution in [0.15, 0.2) is 47.3 Å². The van der Waals surface area contributed by atoms with E-state index >= 15 is 0 Å². The highest BCUT2D eigenvalue weighted by molar-refractivity contribution is 14.1. The smallest absolute Gasteiger partial charge is 0.262 e. The molecule has 1 heterocycles. The quantitative estimate of drug-likeness (QED) is 0.495. The van der Waals surface area contributed by atoms with Crippen LogP contribution in [0.3, 0.4) is 0 Å².